The number of likely N-dealkylation sites (tertiary alicyclic amines) is 1. The van der Waals surface area contributed by atoms with E-state index in [-0.39, 0.29) is 17.9 Å². The molecule has 5 heterocycles. The Balaban J connectivity index is 1.34. The number of piperidine rings is 1. The summed E-state index contributed by atoms with van der Waals surface area (Å²) in [7, 11) is 0. The summed E-state index contributed by atoms with van der Waals surface area (Å²) in [4.78, 5) is 22.8. The van der Waals surface area contributed by atoms with Gasteiger partial charge in [0.25, 0.3) is 5.91 Å². The van der Waals surface area contributed by atoms with Crippen molar-refractivity contribution >= 4 is 28.3 Å². The van der Waals surface area contributed by atoms with E-state index in [4.69, 9.17) is 10.1 Å². The predicted molar refractivity (Wildman–Crippen MR) is 132 cm³/mol. The van der Waals surface area contributed by atoms with Crippen molar-refractivity contribution in [3.05, 3.63) is 53.5 Å². The number of hydrogen-bond acceptors (Lipinski definition) is 6. The number of benzene rings is 1. The van der Waals surface area contributed by atoms with Gasteiger partial charge in [0.2, 0.25) is 0 Å². The number of aromatic nitrogens is 5. The smallest absolute Gasteiger partial charge is 0.255 e. The molecule has 178 valence electrons. The zero-order chi connectivity index (χ0) is 24.1. The van der Waals surface area contributed by atoms with Gasteiger partial charge in [-0.1, -0.05) is 13.0 Å². The van der Waals surface area contributed by atoms with Crippen molar-refractivity contribution in [3.8, 4) is 6.07 Å². The van der Waals surface area contributed by atoms with Crippen LogP contribution < -0.4 is 4.90 Å². The van der Waals surface area contributed by atoms with Gasteiger partial charge in [-0.05, 0) is 44.2 Å². The average Bonchev–Trinajstić information content (AvgIpc) is 3.60. The number of amides is 1. The molecule has 1 amide bonds. The topological polar surface area (TPSA) is 106 Å². The number of carbonyl (C=O) groups excluding carboxylic acids is 1. The molecule has 2 saturated heterocycles. The minimum absolute atomic E-state index is 0.0113. The molecule has 3 aromatic heterocycles. The highest BCUT2D eigenvalue weighted by Crippen LogP contribution is 2.34. The summed E-state index contributed by atoms with van der Waals surface area (Å²) in [6.45, 7) is 6.39. The summed E-state index contributed by atoms with van der Waals surface area (Å²) in [5, 5.41) is 22.2. The molecule has 2 aliphatic rings. The number of aromatic amines is 1. The first-order valence-electron chi connectivity index (χ1n) is 12.3. The molecule has 35 heavy (non-hydrogen) atoms. The van der Waals surface area contributed by atoms with Crippen LogP contribution in [0.4, 0.5) is 5.82 Å². The molecule has 4 aromatic rings. The number of anilines is 1. The molecule has 0 unspecified atom stereocenters. The molecule has 1 aromatic carbocycles. The van der Waals surface area contributed by atoms with Crippen LogP contribution in [0.25, 0.3) is 16.6 Å². The van der Waals surface area contributed by atoms with Crippen LogP contribution in [-0.2, 0) is 0 Å². The van der Waals surface area contributed by atoms with E-state index in [9.17, 15) is 10.1 Å². The van der Waals surface area contributed by atoms with Crippen molar-refractivity contribution < 1.29 is 4.79 Å². The van der Waals surface area contributed by atoms with Crippen LogP contribution in [0.5, 0.6) is 0 Å². The molecule has 2 fully saturated rings. The summed E-state index contributed by atoms with van der Waals surface area (Å²) < 4.78 is 1.82. The Morgan fingerprint density at radius 1 is 1.26 bits per heavy atom. The van der Waals surface area contributed by atoms with Crippen molar-refractivity contribution in [3.63, 3.8) is 0 Å². The summed E-state index contributed by atoms with van der Waals surface area (Å²) in [5.74, 6) is 1.27. The van der Waals surface area contributed by atoms with Crippen LogP contribution >= 0.6 is 0 Å². The Bertz CT molecular complexity index is 1460. The van der Waals surface area contributed by atoms with E-state index < -0.39 is 0 Å². The molecule has 0 bridgehead atoms. The van der Waals surface area contributed by atoms with Gasteiger partial charge in [0.15, 0.2) is 5.65 Å². The Labute approximate surface area is 203 Å². The lowest BCUT2D eigenvalue weighted by atomic mass is 9.97. The third-order valence-corrected chi connectivity index (χ3v) is 7.52. The molecular weight excluding hydrogens is 440 g/mol. The van der Waals surface area contributed by atoms with Crippen molar-refractivity contribution in [1.29, 1.82) is 5.26 Å². The first-order valence-corrected chi connectivity index (χ1v) is 12.3. The summed E-state index contributed by atoms with van der Waals surface area (Å²) in [6.07, 6.45) is 6.63. The van der Waals surface area contributed by atoms with Crippen LogP contribution in [0.1, 0.15) is 53.8 Å². The molecule has 3 atom stereocenters. The summed E-state index contributed by atoms with van der Waals surface area (Å²) in [6, 6.07) is 10.0. The summed E-state index contributed by atoms with van der Waals surface area (Å²) >= 11 is 0. The first kappa shape index (κ1) is 21.6. The van der Waals surface area contributed by atoms with Gasteiger partial charge in [-0.2, -0.15) is 15.5 Å². The fourth-order valence-electron chi connectivity index (χ4n) is 5.60. The van der Waals surface area contributed by atoms with Gasteiger partial charge >= 0.3 is 0 Å². The average molecular weight is 469 g/mol. The lowest BCUT2D eigenvalue weighted by Crippen LogP contribution is -2.38. The highest BCUT2D eigenvalue weighted by Gasteiger charge is 2.33. The second-order valence-corrected chi connectivity index (χ2v) is 9.88. The minimum Gasteiger partial charge on any atom is -0.355 e. The van der Waals surface area contributed by atoms with E-state index in [2.05, 4.69) is 28.1 Å². The van der Waals surface area contributed by atoms with Crippen molar-refractivity contribution in [1.82, 2.24) is 29.7 Å². The largest absolute Gasteiger partial charge is 0.355 e. The van der Waals surface area contributed by atoms with E-state index in [0.717, 1.165) is 59.4 Å². The molecule has 1 N–H and O–H groups in total. The number of aryl methyl sites for hydroxylation is 1. The van der Waals surface area contributed by atoms with E-state index in [0.29, 0.717) is 24.6 Å². The standard InChI is InChI=1S/C26H28N8O/c1-16-13-32(15-18(16)11-27)25-17(2)14-34-24(29-25)10-22(31-34)23-8-3-4-9-33(23)26(35)19-6-5-7-21-20(19)12-28-30-21/h5-7,10,12,14,16,18,23H,3-4,8-9,13,15H2,1-2H3,(H,28,30)/t16-,18+,23-/m0/s1. The Morgan fingerprint density at radius 3 is 2.97 bits per heavy atom. The molecule has 0 saturated carbocycles. The van der Waals surface area contributed by atoms with Crippen molar-refractivity contribution in [2.45, 2.75) is 39.2 Å². The Hall–Kier alpha value is -3.93. The maximum atomic E-state index is 13.7. The number of hydrogen-bond donors (Lipinski definition) is 1. The highest BCUT2D eigenvalue weighted by atomic mass is 16.2. The number of fused-ring (bicyclic) bond motifs is 2. The molecular formula is C26H28N8O. The number of rotatable bonds is 3. The van der Waals surface area contributed by atoms with Crippen molar-refractivity contribution in [2.75, 3.05) is 24.5 Å². The molecule has 0 aliphatic carbocycles. The number of H-pyrrole nitrogens is 1. The molecule has 2 aliphatic heterocycles. The van der Waals surface area contributed by atoms with E-state index in [1.807, 2.05) is 46.8 Å². The first-order chi connectivity index (χ1) is 17.0. The van der Waals surface area contributed by atoms with Gasteiger partial charge < -0.3 is 9.80 Å². The van der Waals surface area contributed by atoms with Crippen molar-refractivity contribution in [2.24, 2.45) is 11.8 Å². The fourth-order valence-corrected chi connectivity index (χ4v) is 5.60. The second-order valence-electron chi connectivity index (χ2n) is 9.88. The van der Waals surface area contributed by atoms with Gasteiger partial charge in [-0.3, -0.25) is 9.89 Å². The molecule has 6 rings (SSSR count). The van der Waals surface area contributed by atoms with Crippen LogP contribution in [0.15, 0.2) is 36.7 Å². The highest BCUT2D eigenvalue weighted by molar-refractivity contribution is 6.06. The van der Waals surface area contributed by atoms with Crippen LogP contribution in [-0.4, -0.2) is 55.2 Å². The van der Waals surface area contributed by atoms with E-state index in [1.165, 1.54) is 0 Å². The normalized spacial score (nSPS) is 22.7. The molecule has 0 spiro atoms. The quantitative estimate of drug-likeness (QED) is 0.489. The third-order valence-electron chi connectivity index (χ3n) is 7.52. The van der Waals surface area contributed by atoms with Gasteiger partial charge in [0.05, 0.1) is 41.0 Å². The lowest BCUT2D eigenvalue weighted by molar-refractivity contribution is 0.0608. The monoisotopic (exact) mass is 468 g/mol. The summed E-state index contributed by atoms with van der Waals surface area (Å²) in [5.41, 5.74) is 4.19. The van der Waals surface area contributed by atoms with Gasteiger partial charge in [-0.25, -0.2) is 9.50 Å². The molecule has 9 nitrogen and oxygen atoms in total. The van der Waals surface area contributed by atoms with Crippen LogP contribution in [0.3, 0.4) is 0 Å². The second kappa shape index (κ2) is 8.38. The Morgan fingerprint density at radius 2 is 2.14 bits per heavy atom. The number of nitrogens with zero attached hydrogens (tertiary/aromatic N) is 7. The number of nitrogens with one attached hydrogen (secondary N) is 1. The van der Waals surface area contributed by atoms with Crippen LogP contribution in [0.2, 0.25) is 0 Å². The molecule has 9 heteroatoms. The Kier molecular flexibility index (Phi) is 5.17. The number of carbonyl (C=O) groups is 1. The maximum Gasteiger partial charge on any atom is 0.255 e. The fraction of sp³-hybridized carbons (Fsp3) is 0.423. The van der Waals surface area contributed by atoms with Crippen LogP contribution in [0, 0.1) is 30.1 Å². The van der Waals surface area contributed by atoms with Gasteiger partial charge in [0.1, 0.15) is 5.82 Å². The maximum absolute atomic E-state index is 13.7. The third kappa shape index (κ3) is 3.60. The molecule has 0 radical (unpaired) electrons. The van der Waals surface area contributed by atoms with E-state index in [1.54, 1.807) is 6.20 Å². The minimum atomic E-state index is -0.0985. The van der Waals surface area contributed by atoms with Gasteiger partial charge in [0, 0.05) is 42.8 Å². The zero-order valence-corrected chi connectivity index (χ0v) is 20.0. The lowest BCUT2D eigenvalue weighted by Gasteiger charge is -2.35. The SMILES string of the molecule is Cc1cn2nc([C@@H]3CCCCN3C(=O)c3cccc4[nH]ncc34)cc2nc1N1C[C@@H](C#N)[C@@H](C)C1. The zero-order valence-electron chi connectivity index (χ0n) is 20.0. The van der Waals surface area contributed by atoms with E-state index >= 15 is 0 Å². The predicted octanol–water partition coefficient (Wildman–Crippen LogP) is 3.88. The van der Waals surface area contributed by atoms with Gasteiger partial charge in [-0.15, -0.1) is 0 Å². The number of nitriles is 1.